The van der Waals surface area contributed by atoms with E-state index in [2.05, 4.69) is 0 Å². The number of aromatic nitrogens is 1. The van der Waals surface area contributed by atoms with Gasteiger partial charge in [-0.2, -0.15) is 13.2 Å². The highest BCUT2D eigenvalue weighted by Crippen LogP contribution is 2.29. The molecule has 0 spiro atoms. The summed E-state index contributed by atoms with van der Waals surface area (Å²) in [5.74, 6) is -0.175. The zero-order valence-corrected chi connectivity index (χ0v) is 9.90. The fourth-order valence-corrected chi connectivity index (χ4v) is 1.82. The number of benzene rings is 1. The van der Waals surface area contributed by atoms with Crippen LogP contribution in [0.2, 0.25) is 0 Å². The van der Waals surface area contributed by atoms with E-state index < -0.39 is 17.3 Å². The van der Waals surface area contributed by atoms with Gasteiger partial charge in [-0.3, -0.25) is 9.36 Å². The van der Waals surface area contributed by atoms with Crippen LogP contribution in [0, 0.1) is 6.92 Å². The monoisotopic (exact) mass is 269 g/mol. The number of hydrogen-bond acceptors (Lipinski definition) is 2. The van der Waals surface area contributed by atoms with Crippen molar-refractivity contribution < 1.29 is 18.3 Å². The summed E-state index contributed by atoms with van der Waals surface area (Å²) < 4.78 is 38.5. The minimum atomic E-state index is -4.41. The number of rotatable bonds is 1. The highest BCUT2D eigenvalue weighted by atomic mass is 19.4. The summed E-state index contributed by atoms with van der Waals surface area (Å²) in [6, 6.07) is 6.62. The Labute approximate surface area is 106 Å². The normalized spacial score (nSPS) is 11.6. The van der Waals surface area contributed by atoms with E-state index in [1.165, 1.54) is 22.8 Å². The summed E-state index contributed by atoms with van der Waals surface area (Å²) in [4.78, 5) is 11.7. The molecule has 0 atom stereocenters. The van der Waals surface area contributed by atoms with Gasteiger partial charge in [0.05, 0.1) is 5.56 Å². The largest absolute Gasteiger partial charge is 0.508 e. The lowest BCUT2D eigenvalue weighted by molar-refractivity contribution is -0.137. The van der Waals surface area contributed by atoms with Gasteiger partial charge in [0, 0.05) is 17.4 Å². The summed E-state index contributed by atoms with van der Waals surface area (Å²) in [5, 5.41) is 9.25. The molecule has 0 bridgehead atoms. The molecular weight excluding hydrogens is 259 g/mol. The Hall–Kier alpha value is -2.24. The van der Waals surface area contributed by atoms with Crippen LogP contribution in [-0.2, 0) is 6.18 Å². The number of nitrogens with zero attached hydrogens (tertiary/aromatic N) is 1. The molecule has 0 saturated heterocycles. The third-order valence-corrected chi connectivity index (χ3v) is 2.65. The summed E-state index contributed by atoms with van der Waals surface area (Å²) >= 11 is 0. The molecule has 0 aliphatic rings. The number of aromatic hydroxyl groups is 1. The van der Waals surface area contributed by atoms with Gasteiger partial charge in [-0.15, -0.1) is 0 Å². The molecule has 1 aromatic carbocycles. The molecular formula is C13H10F3NO2. The van der Waals surface area contributed by atoms with Gasteiger partial charge in [-0.05, 0) is 37.3 Å². The number of hydrogen-bond donors (Lipinski definition) is 1. The van der Waals surface area contributed by atoms with Crippen molar-refractivity contribution in [1.29, 1.82) is 0 Å². The molecule has 0 aliphatic carbocycles. The fourth-order valence-electron chi connectivity index (χ4n) is 1.82. The van der Waals surface area contributed by atoms with Crippen molar-refractivity contribution in [2.24, 2.45) is 0 Å². The molecule has 1 heterocycles. The van der Waals surface area contributed by atoms with Crippen LogP contribution in [0.1, 0.15) is 11.3 Å². The van der Waals surface area contributed by atoms with Crippen LogP contribution in [-0.4, -0.2) is 9.67 Å². The van der Waals surface area contributed by atoms with Gasteiger partial charge >= 0.3 is 6.18 Å². The van der Waals surface area contributed by atoms with Gasteiger partial charge in [0.15, 0.2) is 0 Å². The van der Waals surface area contributed by atoms with Crippen LogP contribution in [0.3, 0.4) is 0 Å². The van der Waals surface area contributed by atoms with Crippen LogP contribution in [0.4, 0.5) is 13.2 Å². The topological polar surface area (TPSA) is 42.2 Å². The van der Waals surface area contributed by atoms with Crippen molar-refractivity contribution >= 4 is 0 Å². The van der Waals surface area contributed by atoms with E-state index in [1.54, 1.807) is 6.92 Å². The third-order valence-electron chi connectivity index (χ3n) is 2.65. The predicted octanol–water partition coefficient (Wildman–Crippen LogP) is 2.87. The molecule has 0 saturated carbocycles. The first kappa shape index (κ1) is 13.2. The van der Waals surface area contributed by atoms with Crippen molar-refractivity contribution in [3.8, 4) is 11.4 Å². The lowest BCUT2D eigenvalue weighted by Crippen LogP contribution is -2.19. The first-order valence-electron chi connectivity index (χ1n) is 5.39. The summed E-state index contributed by atoms with van der Waals surface area (Å²) in [6.45, 7) is 1.58. The molecule has 1 N–H and O–H groups in total. The van der Waals surface area contributed by atoms with Crippen LogP contribution in [0.15, 0.2) is 41.2 Å². The molecule has 6 heteroatoms. The Balaban J connectivity index is 2.52. The Morgan fingerprint density at radius 1 is 1.11 bits per heavy atom. The SMILES string of the molecule is Cc1cc(O)cc(=O)n1-c1ccc(C(F)(F)F)cc1. The van der Waals surface area contributed by atoms with E-state index >= 15 is 0 Å². The van der Waals surface area contributed by atoms with Crippen molar-refractivity contribution in [2.45, 2.75) is 13.1 Å². The molecule has 0 amide bonds. The number of halogens is 3. The molecule has 100 valence electrons. The number of aryl methyl sites for hydroxylation is 1. The van der Waals surface area contributed by atoms with E-state index in [1.807, 2.05) is 0 Å². The predicted molar refractivity (Wildman–Crippen MR) is 63.4 cm³/mol. The Kier molecular flexibility index (Phi) is 3.09. The van der Waals surface area contributed by atoms with Crippen LogP contribution < -0.4 is 5.56 Å². The van der Waals surface area contributed by atoms with Gasteiger partial charge in [0.2, 0.25) is 0 Å². The zero-order chi connectivity index (χ0) is 14.2. The maximum atomic E-state index is 12.4. The smallest absolute Gasteiger partial charge is 0.416 e. The zero-order valence-electron chi connectivity index (χ0n) is 9.90. The van der Waals surface area contributed by atoms with Crippen LogP contribution >= 0.6 is 0 Å². The van der Waals surface area contributed by atoms with Gasteiger partial charge in [-0.1, -0.05) is 0 Å². The quantitative estimate of drug-likeness (QED) is 0.865. The second-order valence-electron chi connectivity index (χ2n) is 4.07. The lowest BCUT2D eigenvalue weighted by atomic mass is 10.2. The maximum absolute atomic E-state index is 12.4. The van der Waals surface area contributed by atoms with Crippen molar-refractivity contribution in [3.63, 3.8) is 0 Å². The van der Waals surface area contributed by atoms with Crippen LogP contribution in [0.25, 0.3) is 5.69 Å². The highest BCUT2D eigenvalue weighted by molar-refractivity contribution is 5.39. The van der Waals surface area contributed by atoms with Gasteiger partial charge in [0.25, 0.3) is 5.56 Å². The van der Waals surface area contributed by atoms with E-state index in [-0.39, 0.29) is 5.75 Å². The first-order chi connectivity index (χ1) is 8.79. The second-order valence-corrected chi connectivity index (χ2v) is 4.07. The van der Waals surface area contributed by atoms with Gasteiger partial charge in [-0.25, -0.2) is 0 Å². The molecule has 1 aromatic heterocycles. The Morgan fingerprint density at radius 2 is 1.68 bits per heavy atom. The minimum absolute atomic E-state index is 0.175. The van der Waals surface area contributed by atoms with E-state index in [4.69, 9.17) is 0 Å². The van der Waals surface area contributed by atoms with Crippen molar-refractivity contribution in [2.75, 3.05) is 0 Å². The maximum Gasteiger partial charge on any atom is 0.416 e. The molecule has 0 radical (unpaired) electrons. The average molecular weight is 269 g/mol. The fraction of sp³-hybridized carbons (Fsp3) is 0.154. The van der Waals surface area contributed by atoms with E-state index in [9.17, 15) is 23.1 Å². The molecule has 19 heavy (non-hydrogen) atoms. The highest BCUT2D eigenvalue weighted by Gasteiger charge is 2.30. The number of alkyl halides is 3. The molecule has 2 rings (SSSR count). The van der Waals surface area contributed by atoms with Crippen molar-refractivity contribution in [3.05, 3.63) is 58.0 Å². The molecule has 0 aliphatic heterocycles. The standard InChI is InChI=1S/C13H10F3NO2/c1-8-6-11(18)7-12(19)17(8)10-4-2-9(3-5-10)13(14,15)16/h2-7,18H,1H3. The summed E-state index contributed by atoms with van der Waals surface area (Å²) in [5.41, 5.74) is -0.529. The van der Waals surface area contributed by atoms with Crippen LogP contribution in [0.5, 0.6) is 5.75 Å². The van der Waals surface area contributed by atoms with E-state index in [0.29, 0.717) is 11.4 Å². The molecule has 2 aromatic rings. The molecule has 0 fully saturated rings. The Bertz CT molecular complexity index is 657. The molecule has 3 nitrogen and oxygen atoms in total. The number of pyridine rings is 1. The van der Waals surface area contributed by atoms with Crippen molar-refractivity contribution in [1.82, 2.24) is 4.57 Å². The molecule has 0 unspecified atom stereocenters. The minimum Gasteiger partial charge on any atom is -0.508 e. The lowest BCUT2D eigenvalue weighted by Gasteiger charge is -2.11. The van der Waals surface area contributed by atoms with E-state index in [0.717, 1.165) is 18.2 Å². The second kappa shape index (κ2) is 4.46. The summed E-state index contributed by atoms with van der Waals surface area (Å²) in [7, 11) is 0. The Morgan fingerprint density at radius 3 is 2.16 bits per heavy atom. The third kappa shape index (κ3) is 2.62. The van der Waals surface area contributed by atoms with Gasteiger partial charge < -0.3 is 5.11 Å². The summed E-state index contributed by atoms with van der Waals surface area (Å²) in [6.07, 6.45) is -4.41. The average Bonchev–Trinajstić information content (AvgIpc) is 2.27. The first-order valence-corrected chi connectivity index (χ1v) is 5.39. The van der Waals surface area contributed by atoms with Gasteiger partial charge in [0.1, 0.15) is 5.75 Å².